The number of likely N-dealkylation sites (N-methyl/N-ethyl adjacent to an activating group) is 1. The van der Waals surface area contributed by atoms with E-state index in [1.165, 1.54) is 0 Å². The van der Waals surface area contributed by atoms with Gasteiger partial charge in [0.2, 0.25) is 0 Å². The maximum Gasteiger partial charge on any atom is 0.0718 e. The number of nitriles is 1. The van der Waals surface area contributed by atoms with Gasteiger partial charge in [0.05, 0.1) is 11.7 Å². The van der Waals surface area contributed by atoms with E-state index in [-0.39, 0.29) is 0 Å². The zero-order chi connectivity index (χ0) is 11.0. The van der Waals surface area contributed by atoms with Crippen molar-refractivity contribution in [2.24, 2.45) is 0 Å². The average Bonchev–Trinajstić information content (AvgIpc) is 2.08. The monoisotopic (exact) mass is 198 g/mol. The Morgan fingerprint density at radius 3 is 2.43 bits per heavy atom. The van der Waals surface area contributed by atoms with Gasteiger partial charge in [-0.25, -0.2) is 0 Å². The molecule has 0 saturated carbocycles. The van der Waals surface area contributed by atoms with E-state index in [0.717, 1.165) is 25.9 Å². The second-order valence-corrected chi connectivity index (χ2v) is 4.30. The lowest BCUT2D eigenvalue weighted by molar-refractivity contribution is 0.0374. The second kappa shape index (κ2) is 6.80. The Bertz CT molecular complexity index is 179. The first-order chi connectivity index (χ1) is 6.49. The summed E-state index contributed by atoms with van der Waals surface area (Å²) < 4.78 is 0. The number of nitrogens with zero attached hydrogens (tertiary/aromatic N) is 2. The van der Waals surface area contributed by atoms with Crippen LogP contribution in [0, 0.1) is 11.3 Å². The fraction of sp³-hybridized carbons (Fsp3) is 0.909. The molecule has 0 heterocycles. The quantitative estimate of drug-likeness (QED) is 0.634. The first-order valence-electron chi connectivity index (χ1n) is 5.31. The Morgan fingerprint density at radius 2 is 2.00 bits per heavy atom. The normalized spacial score (nSPS) is 11.7. The van der Waals surface area contributed by atoms with Gasteiger partial charge in [0.15, 0.2) is 0 Å². The van der Waals surface area contributed by atoms with Crippen LogP contribution >= 0.6 is 0 Å². The van der Waals surface area contributed by atoms with Gasteiger partial charge in [-0.05, 0) is 39.8 Å². The highest BCUT2D eigenvalue weighted by molar-refractivity contribution is 4.72. The van der Waals surface area contributed by atoms with Gasteiger partial charge >= 0.3 is 0 Å². The zero-order valence-electron chi connectivity index (χ0n) is 9.58. The molecule has 0 aromatic carbocycles. The molecule has 0 aromatic rings. The van der Waals surface area contributed by atoms with Gasteiger partial charge in [0.1, 0.15) is 0 Å². The molecule has 0 rings (SSSR count). The SMILES string of the molecule is CCN(CCCCC#N)CC(C)(C)O. The minimum Gasteiger partial charge on any atom is -0.389 e. The number of unbranched alkanes of at least 4 members (excludes halogenated alkanes) is 2. The summed E-state index contributed by atoms with van der Waals surface area (Å²) in [6.45, 7) is 8.38. The fourth-order valence-corrected chi connectivity index (χ4v) is 1.44. The molecule has 0 fully saturated rings. The van der Waals surface area contributed by atoms with Crippen LogP contribution in [0.2, 0.25) is 0 Å². The third-order valence-electron chi connectivity index (χ3n) is 2.07. The van der Waals surface area contributed by atoms with E-state index in [9.17, 15) is 5.11 Å². The summed E-state index contributed by atoms with van der Waals surface area (Å²) in [4.78, 5) is 2.22. The summed E-state index contributed by atoms with van der Waals surface area (Å²) in [5.74, 6) is 0. The van der Waals surface area contributed by atoms with Crippen LogP contribution < -0.4 is 0 Å². The Kier molecular flexibility index (Phi) is 6.52. The van der Waals surface area contributed by atoms with Gasteiger partial charge in [-0.2, -0.15) is 5.26 Å². The standard InChI is InChI=1S/C11H22N2O/c1-4-13(10-11(2,3)14)9-7-5-6-8-12/h14H,4-7,9-10H2,1-3H3. The first-order valence-corrected chi connectivity index (χ1v) is 5.31. The molecule has 82 valence electrons. The van der Waals surface area contributed by atoms with E-state index in [1.54, 1.807) is 0 Å². The van der Waals surface area contributed by atoms with Crippen molar-refractivity contribution >= 4 is 0 Å². The molecule has 3 heteroatoms. The molecule has 0 radical (unpaired) electrons. The molecular formula is C11H22N2O. The van der Waals surface area contributed by atoms with Crippen molar-refractivity contribution in [3.63, 3.8) is 0 Å². The lowest BCUT2D eigenvalue weighted by Gasteiger charge is -2.27. The summed E-state index contributed by atoms with van der Waals surface area (Å²) in [6.07, 6.45) is 2.64. The summed E-state index contributed by atoms with van der Waals surface area (Å²) >= 11 is 0. The zero-order valence-corrected chi connectivity index (χ0v) is 9.58. The number of rotatable bonds is 7. The van der Waals surface area contributed by atoms with Crippen molar-refractivity contribution in [2.75, 3.05) is 19.6 Å². The molecule has 0 spiro atoms. The maximum atomic E-state index is 9.63. The number of hydrogen-bond acceptors (Lipinski definition) is 3. The Labute approximate surface area is 87.3 Å². The van der Waals surface area contributed by atoms with E-state index < -0.39 is 5.60 Å². The van der Waals surface area contributed by atoms with Gasteiger partial charge < -0.3 is 10.0 Å². The molecule has 0 saturated heterocycles. The minimum absolute atomic E-state index is 0.620. The topological polar surface area (TPSA) is 47.3 Å². The third-order valence-corrected chi connectivity index (χ3v) is 2.07. The van der Waals surface area contributed by atoms with Crippen molar-refractivity contribution in [1.29, 1.82) is 5.26 Å². The van der Waals surface area contributed by atoms with E-state index >= 15 is 0 Å². The minimum atomic E-state index is -0.620. The molecule has 0 atom stereocenters. The molecule has 0 aliphatic carbocycles. The van der Waals surface area contributed by atoms with Crippen molar-refractivity contribution in [2.45, 2.75) is 45.6 Å². The van der Waals surface area contributed by atoms with Gasteiger partial charge in [-0.15, -0.1) is 0 Å². The molecule has 14 heavy (non-hydrogen) atoms. The van der Waals surface area contributed by atoms with Gasteiger partial charge in [-0.3, -0.25) is 0 Å². The summed E-state index contributed by atoms with van der Waals surface area (Å²) in [5.41, 5.74) is -0.620. The van der Waals surface area contributed by atoms with Crippen molar-refractivity contribution < 1.29 is 5.11 Å². The van der Waals surface area contributed by atoms with Crippen molar-refractivity contribution in [3.05, 3.63) is 0 Å². The van der Waals surface area contributed by atoms with Crippen molar-refractivity contribution in [3.8, 4) is 6.07 Å². The number of aliphatic hydroxyl groups is 1. The van der Waals surface area contributed by atoms with Crippen LogP contribution in [0.1, 0.15) is 40.0 Å². The summed E-state index contributed by atoms with van der Waals surface area (Å²) in [5, 5.41) is 18.0. The number of hydrogen-bond donors (Lipinski definition) is 1. The second-order valence-electron chi connectivity index (χ2n) is 4.30. The molecule has 1 N–H and O–H groups in total. The Hall–Kier alpha value is -0.590. The Morgan fingerprint density at radius 1 is 1.36 bits per heavy atom. The molecule has 0 unspecified atom stereocenters. The van der Waals surface area contributed by atoms with E-state index in [2.05, 4.69) is 17.9 Å². The molecule has 3 nitrogen and oxygen atoms in total. The molecule has 0 bridgehead atoms. The largest absolute Gasteiger partial charge is 0.389 e. The van der Waals surface area contributed by atoms with E-state index in [4.69, 9.17) is 5.26 Å². The van der Waals surface area contributed by atoms with Crippen LogP contribution in [0.3, 0.4) is 0 Å². The van der Waals surface area contributed by atoms with Gasteiger partial charge in [0, 0.05) is 13.0 Å². The third kappa shape index (κ3) is 8.03. The summed E-state index contributed by atoms with van der Waals surface area (Å²) in [7, 11) is 0. The van der Waals surface area contributed by atoms with Crippen LogP contribution in [0.15, 0.2) is 0 Å². The highest BCUT2D eigenvalue weighted by atomic mass is 16.3. The molecule has 0 aromatic heterocycles. The summed E-state index contributed by atoms with van der Waals surface area (Å²) in [6, 6.07) is 2.14. The van der Waals surface area contributed by atoms with Crippen LogP contribution in [0.4, 0.5) is 0 Å². The van der Waals surface area contributed by atoms with E-state index in [0.29, 0.717) is 13.0 Å². The van der Waals surface area contributed by atoms with Gasteiger partial charge in [-0.1, -0.05) is 6.92 Å². The van der Waals surface area contributed by atoms with Crippen LogP contribution in [0.5, 0.6) is 0 Å². The smallest absolute Gasteiger partial charge is 0.0718 e. The highest BCUT2D eigenvalue weighted by Crippen LogP contribution is 2.06. The highest BCUT2D eigenvalue weighted by Gasteiger charge is 2.16. The first kappa shape index (κ1) is 13.4. The molecule has 0 aliphatic rings. The van der Waals surface area contributed by atoms with Gasteiger partial charge in [0.25, 0.3) is 0 Å². The van der Waals surface area contributed by atoms with Crippen molar-refractivity contribution in [1.82, 2.24) is 4.90 Å². The lowest BCUT2D eigenvalue weighted by atomic mass is 10.1. The van der Waals surface area contributed by atoms with E-state index in [1.807, 2.05) is 13.8 Å². The van der Waals surface area contributed by atoms with Crippen LogP contribution in [-0.2, 0) is 0 Å². The average molecular weight is 198 g/mol. The van der Waals surface area contributed by atoms with Crippen LogP contribution in [-0.4, -0.2) is 35.2 Å². The molecular weight excluding hydrogens is 176 g/mol. The Balaban J connectivity index is 3.65. The predicted octanol–water partition coefficient (Wildman–Crippen LogP) is 1.77. The van der Waals surface area contributed by atoms with Crippen LogP contribution in [0.25, 0.3) is 0 Å². The molecule has 0 amide bonds. The molecule has 0 aliphatic heterocycles. The predicted molar refractivity (Wildman–Crippen MR) is 57.9 cm³/mol. The maximum absolute atomic E-state index is 9.63. The fourth-order valence-electron chi connectivity index (χ4n) is 1.44. The lowest BCUT2D eigenvalue weighted by Crippen LogP contribution is -2.39.